The van der Waals surface area contributed by atoms with Crippen LogP contribution in [0.2, 0.25) is 0 Å². The van der Waals surface area contributed by atoms with Crippen molar-refractivity contribution in [2.45, 2.75) is 19.1 Å². The number of aromatic nitrogens is 1. The van der Waals surface area contributed by atoms with E-state index < -0.39 is 11.7 Å². The molecule has 0 amide bonds. The minimum atomic E-state index is -4.39. The summed E-state index contributed by atoms with van der Waals surface area (Å²) in [6, 6.07) is 7.57. The number of halogens is 4. The quantitative estimate of drug-likeness (QED) is 0.866. The molecule has 1 heterocycles. The summed E-state index contributed by atoms with van der Waals surface area (Å²) < 4.78 is 39.1. The van der Waals surface area contributed by atoms with Crippen LogP contribution in [0, 0.1) is 0 Å². The Balaban J connectivity index is 2.47. The predicted octanol–water partition coefficient (Wildman–Crippen LogP) is 4.56. The van der Waals surface area contributed by atoms with Gasteiger partial charge in [0, 0.05) is 16.9 Å². The summed E-state index contributed by atoms with van der Waals surface area (Å²) in [4.78, 5) is 4.03. The molecule has 0 saturated carbocycles. The van der Waals surface area contributed by atoms with Crippen LogP contribution >= 0.6 is 15.9 Å². The van der Waals surface area contributed by atoms with Gasteiger partial charge in [0.25, 0.3) is 0 Å². The van der Waals surface area contributed by atoms with Crippen LogP contribution in [0.5, 0.6) is 0 Å². The molecule has 21 heavy (non-hydrogen) atoms. The van der Waals surface area contributed by atoms with Gasteiger partial charge in [-0.05, 0) is 35.9 Å². The van der Waals surface area contributed by atoms with Gasteiger partial charge >= 0.3 is 6.18 Å². The Labute approximate surface area is 129 Å². The lowest BCUT2D eigenvalue weighted by Crippen LogP contribution is -2.22. The standard InChI is InChI=1S/C15H14BrF3N2/c1-2-21-14(11-4-3-7-20-9-11)10-5-6-13(16)12(8-10)15(17,18)19/h3-9,14,21H,2H2,1H3. The van der Waals surface area contributed by atoms with E-state index in [1.807, 2.05) is 13.0 Å². The first-order valence-corrected chi connectivity index (χ1v) is 7.22. The van der Waals surface area contributed by atoms with Crippen molar-refractivity contribution in [1.29, 1.82) is 0 Å². The Kier molecular flexibility index (Phi) is 5.00. The van der Waals surface area contributed by atoms with E-state index >= 15 is 0 Å². The fourth-order valence-electron chi connectivity index (χ4n) is 2.12. The topological polar surface area (TPSA) is 24.9 Å². The van der Waals surface area contributed by atoms with Crippen LogP contribution in [0.1, 0.15) is 29.7 Å². The molecule has 2 rings (SSSR count). The summed E-state index contributed by atoms with van der Waals surface area (Å²) in [6.45, 7) is 2.55. The van der Waals surface area contributed by atoms with Crippen LogP contribution in [0.3, 0.4) is 0 Å². The van der Waals surface area contributed by atoms with Crippen molar-refractivity contribution in [3.05, 3.63) is 63.9 Å². The van der Waals surface area contributed by atoms with Crippen LogP contribution in [-0.2, 0) is 6.18 Å². The van der Waals surface area contributed by atoms with Crippen LogP contribution < -0.4 is 5.32 Å². The zero-order chi connectivity index (χ0) is 15.5. The highest BCUT2D eigenvalue weighted by Gasteiger charge is 2.33. The van der Waals surface area contributed by atoms with E-state index in [0.29, 0.717) is 12.1 Å². The van der Waals surface area contributed by atoms with Gasteiger partial charge in [-0.25, -0.2) is 0 Å². The van der Waals surface area contributed by atoms with Gasteiger partial charge in [-0.2, -0.15) is 13.2 Å². The van der Waals surface area contributed by atoms with E-state index in [2.05, 4.69) is 26.2 Å². The number of pyridine rings is 1. The smallest absolute Gasteiger partial charge is 0.306 e. The maximum Gasteiger partial charge on any atom is 0.417 e. The highest BCUT2D eigenvalue weighted by atomic mass is 79.9. The van der Waals surface area contributed by atoms with Crippen LogP contribution in [0.15, 0.2) is 47.2 Å². The van der Waals surface area contributed by atoms with Crippen LogP contribution in [-0.4, -0.2) is 11.5 Å². The molecule has 0 aliphatic heterocycles. The lowest BCUT2D eigenvalue weighted by Gasteiger charge is -2.20. The van der Waals surface area contributed by atoms with Gasteiger partial charge in [0.15, 0.2) is 0 Å². The fourth-order valence-corrected chi connectivity index (χ4v) is 2.59. The molecule has 0 bridgehead atoms. The first-order chi connectivity index (χ1) is 9.93. The molecule has 1 aromatic heterocycles. The Morgan fingerprint density at radius 2 is 2.00 bits per heavy atom. The van der Waals surface area contributed by atoms with Crippen LogP contribution in [0.25, 0.3) is 0 Å². The number of hydrogen-bond donors (Lipinski definition) is 1. The molecule has 0 radical (unpaired) electrons. The van der Waals surface area contributed by atoms with Crippen molar-refractivity contribution in [3.8, 4) is 0 Å². The molecule has 2 nitrogen and oxygen atoms in total. The minimum absolute atomic E-state index is 0.0418. The van der Waals surface area contributed by atoms with E-state index in [4.69, 9.17) is 0 Å². The molecule has 0 aliphatic rings. The van der Waals surface area contributed by atoms with Crippen molar-refractivity contribution < 1.29 is 13.2 Å². The minimum Gasteiger partial charge on any atom is -0.306 e. The third kappa shape index (κ3) is 3.83. The summed E-state index contributed by atoms with van der Waals surface area (Å²) in [5.41, 5.74) is 0.710. The van der Waals surface area contributed by atoms with Crippen molar-refractivity contribution in [2.24, 2.45) is 0 Å². The molecule has 1 N–H and O–H groups in total. The Bertz CT molecular complexity index is 600. The second-order valence-corrected chi connectivity index (χ2v) is 5.37. The lowest BCUT2D eigenvalue weighted by atomic mass is 9.98. The average molecular weight is 359 g/mol. The average Bonchev–Trinajstić information content (AvgIpc) is 2.45. The van der Waals surface area contributed by atoms with Crippen molar-refractivity contribution in [1.82, 2.24) is 10.3 Å². The first kappa shape index (κ1) is 16.0. The molecule has 6 heteroatoms. The summed E-state index contributed by atoms with van der Waals surface area (Å²) >= 11 is 2.96. The molecule has 1 aromatic carbocycles. The molecule has 0 fully saturated rings. The molecular weight excluding hydrogens is 345 g/mol. The monoisotopic (exact) mass is 358 g/mol. The maximum absolute atomic E-state index is 13.0. The first-order valence-electron chi connectivity index (χ1n) is 6.43. The zero-order valence-corrected chi connectivity index (χ0v) is 12.9. The second kappa shape index (κ2) is 6.58. The third-order valence-corrected chi connectivity index (χ3v) is 3.75. The number of rotatable bonds is 4. The fraction of sp³-hybridized carbons (Fsp3) is 0.267. The number of benzene rings is 1. The van der Waals surface area contributed by atoms with Gasteiger partial charge in [-0.15, -0.1) is 0 Å². The lowest BCUT2D eigenvalue weighted by molar-refractivity contribution is -0.138. The number of alkyl halides is 3. The van der Waals surface area contributed by atoms with Crippen molar-refractivity contribution >= 4 is 15.9 Å². The summed E-state index contributed by atoms with van der Waals surface area (Å²) in [7, 11) is 0. The zero-order valence-electron chi connectivity index (χ0n) is 11.3. The molecule has 2 aromatic rings. The maximum atomic E-state index is 13.0. The predicted molar refractivity (Wildman–Crippen MR) is 78.9 cm³/mol. The highest BCUT2D eigenvalue weighted by molar-refractivity contribution is 9.10. The van der Waals surface area contributed by atoms with Gasteiger partial charge in [0.2, 0.25) is 0 Å². The molecule has 0 spiro atoms. The largest absolute Gasteiger partial charge is 0.417 e. The van der Waals surface area contributed by atoms with Gasteiger partial charge in [-0.1, -0.05) is 35.0 Å². The van der Waals surface area contributed by atoms with Crippen molar-refractivity contribution in [2.75, 3.05) is 6.54 Å². The molecular formula is C15H14BrF3N2. The van der Waals surface area contributed by atoms with Crippen LogP contribution in [0.4, 0.5) is 13.2 Å². The van der Waals surface area contributed by atoms with Gasteiger partial charge in [-0.3, -0.25) is 4.98 Å². The summed E-state index contributed by atoms with van der Waals surface area (Å²) in [5, 5.41) is 3.19. The normalized spacial score (nSPS) is 13.2. The second-order valence-electron chi connectivity index (χ2n) is 4.51. The SMILES string of the molecule is CCNC(c1cccnc1)c1ccc(Br)c(C(F)(F)F)c1. The van der Waals surface area contributed by atoms with Gasteiger partial charge in [0.1, 0.15) is 0 Å². The third-order valence-electron chi connectivity index (χ3n) is 3.06. The molecule has 0 aliphatic carbocycles. The van der Waals surface area contributed by atoms with Crippen molar-refractivity contribution in [3.63, 3.8) is 0 Å². The van der Waals surface area contributed by atoms with Gasteiger partial charge < -0.3 is 5.32 Å². The molecule has 1 unspecified atom stereocenters. The molecule has 112 valence electrons. The van der Waals surface area contributed by atoms with E-state index in [1.165, 1.54) is 12.1 Å². The Hall–Kier alpha value is -1.40. The van der Waals surface area contributed by atoms with E-state index in [9.17, 15) is 13.2 Å². The number of nitrogens with zero attached hydrogens (tertiary/aromatic N) is 1. The Morgan fingerprint density at radius 1 is 1.24 bits per heavy atom. The highest BCUT2D eigenvalue weighted by Crippen LogP contribution is 2.37. The number of nitrogens with one attached hydrogen (secondary N) is 1. The van der Waals surface area contributed by atoms with E-state index in [-0.39, 0.29) is 10.5 Å². The van der Waals surface area contributed by atoms with Gasteiger partial charge in [0.05, 0.1) is 11.6 Å². The number of hydrogen-bond acceptors (Lipinski definition) is 2. The summed E-state index contributed by atoms with van der Waals surface area (Å²) in [6.07, 6.45) is -1.10. The summed E-state index contributed by atoms with van der Waals surface area (Å²) in [5.74, 6) is 0. The Morgan fingerprint density at radius 3 is 2.57 bits per heavy atom. The van der Waals surface area contributed by atoms with E-state index in [1.54, 1.807) is 24.5 Å². The molecule has 1 atom stereocenters. The van der Waals surface area contributed by atoms with E-state index in [0.717, 1.165) is 5.56 Å². The molecule has 0 saturated heterocycles.